The van der Waals surface area contributed by atoms with Crippen molar-refractivity contribution in [3.8, 4) is 0 Å². The Morgan fingerprint density at radius 3 is 2.81 bits per heavy atom. The van der Waals surface area contributed by atoms with Gasteiger partial charge < -0.3 is 29.7 Å². The number of nitrogens with zero attached hydrogens (tertiary/aromatic N) is 3. The summed E-state index contributed by atoms with van der Waals surface area (Å²) in [5.74, 6) is 0.502. The lowest BCUT2D eigenvalue weighted by Crippen LogP contribution is -2.33. The molecule has 3 rings (SSSR count). The van der Waals surface area contributed by atoms with Gasteiger partial charge in [-0.2, -0.15) is 4.98 Å². The second kappa shape index (κ2) is 7.37. The quantitative estimate of drug-likeness (QED) is 0.230. The molecule has 0 saturated carbocycles. The number of anilines is 1. The highest BCUT2D eigenvalue weighted by atomic mass is 35.5. The number of hydrogen-bond acceptors (Lipinski definition) is 9. The normalized spacial score (nSPS) is 28.4. The third-order valence-electron chi connectivity index (χ3n) is 3.82. The van der Waals surface area contributed by atoms with Crippen molar-refractivity contribution in [2.75, 3.05) is 25.6 Å². The number of aliphatic hydroxyl groups is 2. The Labute approximate surface area is 152 Å². The van der Waals surface area contributed by atoms with Crippen LogP contribution >= 0.6 is 19.2 Å². The minimum Gasteiger partial charge on any atom is -0.387 e. The van der Waals surface area contributed by atoms with Gasteiger partial charge >= 0.3 is 7.60 Å². The maximum absolute atomic E-state index is 11.0. The summed E-state index contributed by atoms with van der Waals surface area (Å²) in [6.45, 7) is 0.592. The van der Waals surface area contributed by atoms with Crippen molar-refractivity contribution in [2.45, 2.75) is 24.5 Å². The standard InChI is InChI=1S/C13H18ClN4O7P/c1-15-10-6-3-4-18(11(6)17-13(14)16-10)12-9(20)8(19)7(24-12)5-23-25-26(2,21)22/h3-4,7-9,12,19-20H,5H2,1-2H3,(H,21,22)(H,15,16,17)/t7-,8-,9-,12-/m1/s1. The Hall–Kier alpha value is -1.30. The van der Waals surface area contributed by atoms with Gasteiger partial charge in [-0.1, -0.05) is 0 Å². The number of halogens is 1. The minimum absolute atomic E-state index is 0.00441. The van der Waals surface area contributed by atoms with Crippen LogP contribution in [0.3, 0.4) is 0 Å². The zero-order valence-corrected chi connectivity index (χ0v) is 15.5. The van der Waals surface area contributed by atoms with E-state index in [1.165, 1.54) is 4.57 Å². The summed E-state index contributed by atoms with van der Waals surface area (Å²) in [6, 6.07) is 1.71. The average Bonchev–Trinajstić information content (AvgIpc) is 3.09. The van der Waals surface area contributed by atoms with Gasteiger partial charge in [0.15, 0.2) is 6.23 Å². The second-order valence-corrected chi connectivity index (χ2v) is 7.85. The summed E-state index contributed by atoms with van der Waals surface area (Å²) in [7, 11) is -2.15. The van der Waals surface area contributed by atoms with E-state index in [0.717, 1.165) is 6.66 Å². The molecule has 3 heterocycles. The molecule has 4 N–H and O–H groups in total. The number of aliphatic hydroxyl groups excluding tert-OH is 2. The lowest BCUT2D eigenvalue weighted by atomic mass is 10.1. The number of rotatable bonds is 6. The van der Waals surface area contributed by atoms with Crippen LogP contribution in [-0.2, 0) is 18.9 Å². The van der Waals surface area contributed by atoms with Gasteiger partial charge in [-0.25, -0.2) is 9.87 Å². The Balaban J connectivity index is 1.82. The van der Waals surface area contributed by atoms with Crippen LogP contribution in [0.1, 0.15) is 6.23 Å². The van der Waals surface area contributed by atoms with Crippen LogP contribution in [0, 0.1) is 0 Å². The molecule has 11 nitrogen and oxygen atoms in total. The average molecular weight is 409 g/mol. The molecule has 13 heteroatoms. The topological polar surface area (TPSA) is 148 Å². The largest absolute Gasteiger partial charge is 0.387 e. The third-order valence-corrected chi connectivity index (χ3v) is 4.37. The maximum Gasteiger partial charge on any atom is 0.352 e. The van der Waals surface area contributed by atoms with Gasteiger partial charge in [0.25, 0.3) is 0 Å². The molecule has 5 atom stereocenters. The molecule has 0 bridgehead atoms. The number of hydrogen-bond donors (Lipinski definition) is 4. The molecule has 0 aliphatic carbocycles. The van der Waals surface area contributed by atoms with Crippen molar-refractivity contribution in [1.29, 1.82) is 0 Å². The van der Waals surface area contributed by atoms with Crippen LogP contribution in [0.2, 0.25) is 5.28 Å². The fourth-order valence-corrected chi connectivity index (χ4v) is 3.12. The molecule has 1 unspecified atom stereocenters. The van der Waals surface area contributed by atoms with Gasteiger partial charge in [0.2, 0.25) is 5.28 Å². The summed E-state index contributed by atoms with van der Waals surface area (Å²) in [5.41, 5.74) is 0.400. The lowest BCUT2D eigenvalue weighted by Gasteiger charge is -2.17. The highest BCUT2D eigenvalue weighted by Gasteiger charge is 2.44. The van der Waals surface area contributed by atoms with Gasteiger partial charge in [0.05, 0.1) is 5.39 Å². The molecule has 26 heavy (non-hydrogen) atoms. The number of ether oxygens (including phenoxy) is 1. The first-order chi connectivity index (χ1) is 12.2. The van der Waals surface area contributed by atoms with Crippen LogP contribution in [0.25, 0.3) is 11.0 Å². The summed E-state index contributed by atoms with van der Waals surface area (Å²) in [5, 5.41) is 24.0. The van der Waals surface area contributed by atoms with Gasteiger partial charge in [-0.3, -0.25) is 4.57 Å². The summed E-state index contributed by atoms with van der Waals surface area (Å²) >= 11 is 5.93. The molecular weight excluding hydrogens is 391 g/mol. The molecule has 1 aliphatic rings. The first-order valence-electron chi connectivity index (χ1n) is 7.56. The van der Waals surface area contributed by atoms with Crippen LogP contribution in [0.15, 0.2) is 12.3 Å². The molecule has 144 valence electrons. The van der Waals surface area contributed by atoms with Crippen LogP contribution in [-0.4, -0.2) is 68.3 Å². The van der Waals surface area contributed by atoms with E-state index in [1.54, 1.807) is 19.3 Å². The van der Waals surface area contributed by atoms with Gasteiger partial charge in [-0.05, 0) is 17.7 Å². The third kappa shape index (κ3) is 3.85. The van der Waals surface area contributed by atoms with Crippen molar-refractivity contribution >= 4 is 36.0 Å². The Kier molecular flexibility index (Phi) is 5.52. The summed E-state index contributed by atoms with van der Waals surface area (Å²) in [4.78, 5) is 21.9. The molecule has 2 aromatic rings. The zero-order valence-electron chi connectivity index (χ0n) is 13.8. The lowest BCUT2D eigenvalue weighted by molar-refractivity contribution is -0.238. The van der Waals surface area contributed by atoms with Crippen molar-refractivity contribution in [3.63, 3.8) is 0 Å². The van der Waals surface area contributed by atoms with Crippen LogP contribution in [0.5, 0.6) is 0 Å². The molecule has 2 aromatic heterocycles. The molecule has 0 radical (unpaired) electrons. The van der Waals surface area contributed by atoms with E-state index in [1.807, 2.05) is 0 Å². The van der Waals surface area contributed by atoms with Crippen molar-refractivity contribution in [1.82, 2.24) is 14.5 Å². The fourth-order valence-electron chi connectivity index (χ4n) is 2.69. The molecule has 0 amide bonds. The molecule has 1 fully saturated rings. The SMILES string of the molecule is CNc1nc(Cl)nc2c1ccn2[C@@H]1O[C@H](COOP(C)(=O)O)[C@@H](O)[C@H]1O. The maximum atomic E-state index is 11.0. The van der Waals surface area contributed by atoms with E-state index in [2.05, 4.69) is 24.8 Å². The van der Waals surface area contributed by atoms with Crippen molar-refractivity contribution in [3.05, 3.63) is 17.5 Å². The van der Waals surface area contributed by atoms with E-state index in [4.69, 9.17) is 21.2 Å². The highest BCUT2D eigenvalue weighted by molar-refractivity contribution is 7.51. The van der Waals surface area contributed by atoms with Crippen molar-refractivity contribution in [2.24, 2.45) is 0 Å². The van der Waals surface area contributed by atoms with E-state index in [9.17, 15) is 14.8 Å². The van der Waals surface area contributed by atoms with Crippen molar-refractivity contribution < 1.29 is 34.0 Å². The smallest absolute Gasteiger partial charge is 0.352 e. The molecule has 1 saturated heterocycles. The first-order valence-corrected chi connectivity index (χ1v) is 9.96. The Morgan fingerprint density at radius 1 is 1.42 bits per heavy atom. The van der Waals surface area contributed by atoms with E-state index in [0.29, 0.717) is 16.9 Å². The summed E-state index contributed by atoms with van der Waals surface area (Å²) in [6.07, 6.45) is -2.95. The number of fused-ring (bicyclic) bond motifs is 1. The Bertz CT molecular complexity index is 843. The first kappa shape index (κ1) is 19.5. The van der Waals surface area contributed by atoms with E-state index in [-0.39, 0.29) is 11.9 Å². The Morgan fingerprint density at radius 2 is 2.15 bits per heavy atom. The van der Waals surface area contributed by atoms with Crippen LogP contribution < -0.4 is 5.32 Å². The molecule has 1 aliphatic heterocycles. The highest BCUT2D eigenvalue weighted by Crippen LogP contribution is 2.38. The predicted molar refractivity (Wildman–Crippen MR) is 90.8 cm³/mol. The summed E-state index contributed by atoms with van der Waals surface area (Å²) < 4.78 is 22.5. The predicted octanol–water partition coefficient (Wildman–Crippen LogP) is 0.509. The fraction of sp³-hybridized carbons (Fsp3) is 0.538. The number of aromatic nitrogens is 3. The zero-order chi connectivity index (χ0) is 19.1. The van der Waals surface area contributed by atoms with Gasteiger partial charge in [0.1, 0.15) is 36.4 Å². The monoisotopic (exact) mass is 408 g/mol. The van der Waals surface area contributed by atoms with E-state index >= 15 is 0 Å². The molecular formula is C13H18ClN4O7P. The van der Waals surface area contributed by atoms with E-state index < -0.39 is 32.1 Å². The van der Waals surface area contributed by atoms with Gasteiger partial charge in [0, 0.05) is 19.9 Å². The minimum atomic E-state index is -3.83. The second-order valence-electron chi connectivity index (χ2n) is 5.76. The van der Waals surface area contributed by atoms with Crippen LogP contribution in [0.4, 0.5) is 5.82 Å². The van der Waals surface area contributed by atoms with Gasteiger partial charge in [-0.15, -0.1) is 4.67 Å². The molecule has 0 aromatic carbocycles. The number of nitrogens with one attached hydrogen (secondary N) is 1. The molecule has 0 spiro atoms.